The lowest BCUT2D eigenvalue weighted by Crippen LogP contribution is -2.42. The van der Waals surface area contributed by atoms with E-state index < -0.39 is 0 Å². The summed E-state index contributed by atoms with van der Waals surface area (Å²) in [6.07, 6.45) is 2.35. The van der Waals surface area contributed by atoms with Crippen molar-refractivity contribution in [1.29, 1.82) is 0 Å². The largest absolute Gasteiger partial charge is 0.378 e. The summed E-state index contributed by atoms with van der Waals surface area (Å²) in [7, 11) is 0. The minimum absolute atomic E-state index is 0.0253. The van der Waals surface area contributed by atoms with E-state index in [1.54, 1.807) is 18.2 Å². The SMILES string of the molecule is O=C(c1ccc(Cl)c(Cl)c1)C1CCOC2(CCOC2)C1. The summed E-state index contributed by atoms with van der Waals surface area (Å²) >= 11 is 11.9. The molecule has 1 aromatic rings. The van der Waals surface area contributed by atoms with Crippen LogP contribution < -0.4 is 0 Å². The minimum atomic E-state index is -0.255. The Kier molecular flexibility index (Phi) is 4.04. The molecule has 0 bridgehead atoms. The number of carbonyl (C=O) groups excluding carboxylic acids is 1. The fourth-order valence-electron chi connectivity index (χ4n) is 3.00. The summed E-state index contributed by atoms with van der Waals surface area (Å²) in [5.41, 5.74) is 0.370. The number of rotatable bonds is 2. The normalized spacial score (nSPS) is 29.8. The average Bonchev–Trinajstić information content (AvgIpc) is 2.89. The van der Waals surface area contributed by atoms with Crippen LogP contribution in [0.4, 0.5) is 0 Å². The van der Waals surface area contributed by atoms with Crippen LogP contribution in [-0.4, -0.2) is 31.2 Å². The number of ether oxygens (including phenoxy) is 2. The van der Waals surface area contributed by atoms with E-state index >= 15 is 0 Å². The molecule has 0 aromatic heterocycles. The van der Waals surface area contributed by atoms with Crippen LogP contribution in [0, 0.1) is 5.92 Å². The predicted molar refractivity (Wildman–Crippen MR) is 77.6 cm³/mol. The van der Waals surface area contributed by atoms with Crippen molar-refractivity contribution < 1.29 is 14.3 Å². The molecular formula is C15H16Cl2O3. The van der Waals surface area contributed by atoms with Gasteiger partial charge in [0, 0.05) is 31.1 Å². The third-order valence-corrected chi connectivity index (χ3v) is 4.87. The van der Waals surface area contributed by atoms with Crippen LogP contribution in [0.2, 0.25) is 10.0 Å². The summed E-state index contributed by atoms with van der Waals surface area (Å²) in [6.45, 7) is 1.92. The molecule has 1 aromatic carbocycles. The van der Waals surface area contributed by atoms with Crippen molar-refractivity contribution in [3.8, 4) is 0 Å². The maximum absolute atomic E-state index is 12.6. The molecule has 3 rings (SSSR count). The molecular weight excluding hydrogens is 299 g/mol. The summed E-state index contributed by atoms with van der Waals surface area (Å²) in [5, 5.41) is 0.888. The zero-order valence-electron chi connectivity index (χ0n) is 11.0. The molecule has 2 aliphatic heterocycles. The third kappa shape index (κ3) is 2.73. The van der Waals surface area contributed by atoms with Gasteiger partial charge in [-0.1, -0.05) is 23.2 Å². The molecule has 0 N–H and O–H groups in total. The summed E-state index contributed by atoms with van der Waals surface area (Å²) in [5.74, 6) is 0.0980. The number of ketones is 1. The Balaban J connectivity index is 1.77. The number of hydrogen-bond acceptors (Lipinski definition) is 3. The van der Waals surface area contributed by atoms with E-state index in [1.807, 2.05) is 0 Å². The van der Waals surface area contributed by atoms with Crippen LogP contribution in [0.15, 0.2) is 18.2 Å². The Hall–Kier alpha value is -0.610. The first-order chi connectivity index (χ1) is 9.60. The van der Waals surface area contributed by atoms with Gasteiger partial charge < -0.3 is 9.47 Å². The Morgan fingerprint density at radius 1 is 1.25 bits per heavy atom. The van der Waals surface area contributed by atoms with E-state index in [2.05, 4.69) is 0 Å². The van der Waals surface area contributed by atoms with Gasteiger partial charge in [-0.2, -0.15) is 0 Å². The molecule has 0 saturated carbocycles. The van der Waals surface area contributed by atoms with Gasteiger partial charge in [-0.25, -0.2) is 0 Å². The predicted octanol–water partition coefficient (Wildman–Crippen LogP) is 3.76. The van der Waals surface area contributed by atoms with Crippen LogP contribution in [0.1, 0.15) is 29.6 Å². The smallest absolute Gasteiger partial charge is 0.166 e. The average molecular weight is 315 g/mol. The summed E-state index contributed by atoms with van der Waals surface area (Å²) in [4.78, 5) is 12.6. The lowest BCUT2D eigenvalue weighted by molar-refractivity contribution is -0.0920. The first-order valence-corrected chi connectivity index (χ1v) is 7.56. The van der Waals surface area contributed by atoms with Crippen molar-refractivity contribution in [1.82, 2.24) is 0 Å². The maximum Gasteiger partial charge on any atom is 0.166 e. The molecule has 0 aliphatic carbocycles. The van der Waals surface area contributed by atoms with Crippen molar-refractivity contribution in [2.24, 2.45) is 5.92 Å². The molecule has 0 radical (unpaired) electrons. The van der Waals surface area contributed by atoms with Crippen LogP contribution >= 0.6 is 23.2 Å². The number of Topliss-reactive ketones (excluding diaryl/α,β-unsaturated/α-hetero) is 1. The number of carbonyl (C=O) groups is 1. The highest BCUT2D eigenvalue weighted by atomic mass is 35.5. The minimum Gasteiger partial charge on any atom is -0.378 e. The third-order valence-electron chi connectivity index (χ3n) is 4.14. The zero-order valence-corrected chi connectivity index (χ0v) is 12.5. The highest BCUT2D eigenvalue weighted by Gasteiger charge is 2.43. The van der Waals surface area contributed by atoms with Crippen molar-refractivity contribution in [2.75, 3.05) is 19.8 Å². The van der Waals surface area contributed by atoms with Crippen molar-refractivity contribution in [3.63, 3.8) is 0 Å². The van der Waals surface area contributed by atoms with E-state index in [1.165, 1.54) is 0 Å². The molecule has 108 valence electrons. The lowest BCUT2D eigenvalue weighted by Gasteiger charge is -2.36. The quantitative estimate of drug-likeness (QED) is 0.780. The first kappa shape index (κ1) is 14.3. The van der Waals surface area contributed by atoms with Crippen molar-refractivity contribution >= 4 is 29.0 Å². The topological polar surface area (TPSA) is 35.5 Å². The fourth-order valence-corrected chi connectivity index (χ4v) is 3.30. The standard InChI is InChI=1S/C15H16Cl2O3/c16-12-2-1-10(7-13(12)17)14(18)11-3-5-20-15(8-11)4-6-19-9-15/h1-2,7,11H,3-6,8-9H2. The van der Waals surface area contributed by atoms with Crippen LogP contribution in [0.3, 0.4) is 0 Å². The summed E-state index contributed by atoms with van der Waals surface area (Å²) in [6, 6.07) is 5.06. The Bertz CT molecular complexity index is 524. The number of benzene rings is 1. The highest BCUT2D eigenvalue weighted by Crippen LogP contribution is 2.37. The van der Waals surface area contributed by atoms with E-state index in [9.17, 15) is 4.79 Å². The van der Waals surface area contributed by atoms with Crippen molar-refractivity contribution in [2.45, 2.75) is 24.9 Å². The molecule has 1 spiro atoms. The lowest BCUT2D eigenvalue weighted by atomic mass is 9.81. The van der Waals surface area contributed by atoms with Gasteiger partial charge in [-0.3, -0.25) is 4.79 Å². The van der Waals surface area contributed by atoms with E-state index in [0.717, 1.165) is 19.3 Å². The fraction of sp³-hybridized carbons (Fsp3) is 0.533. The maximum atomic E-state index is 12.6. The molecule has 2 saturated heterocycles. The van der Waals surface area contributed by atoms with E-state index in [-0.39, 0.29) is 17.3 Å². The molecule has 20 heavy (non-hydrogen) atoms. The van der Waals surface area contributed by atoms with Crippen molar-refractivity contribution in [3.05, 3.63) is 33.8 Å². The Morgan fingerprint density at radius 3 is 2.80 bits per heavy atom. The molecule has 2 heterocycles. The van der Waals surface area contributed by atoms with E-state index in [0.29, 0.717) is 35.4 Å². The van der Waals surface area contributed by atoms with Crippen LogP contribution in [0.25, 0.3) is 0 Å². The van der Waals surface area contributed by atoms with Crippen LogP contribution in [-0.2, 0) is 9.47 Å². The van der Waals surface area contributed by atoms with Gasteiger partial charge in [0.2, 0.25) is 0 Å². The van der Waals surface area contributed by atoms with Gasteiger partial charge in [0.15, 0.2) is 5.78 Å². The molecule has 2 aliphatic rings. The van der Waals surface area contributed by atoms with Crippen LogP contribution in [0.5, 0.6) is 0 Å². The Labute approximate surface area is 128 Å². The van der Waals surface area contributed by atoms with Gasteiger partial charge in [0.25, 0.3) is 0 Å². The number of halogens is 2. The van der Waals surface area contributed by atoms with Gasteiger partial charge in [0.1, 0.15) is 0 Å². The monoisotopic (exact) mass is 314 g/mol. The van der Waals surface area contributed by atoms with Gasteiger partial charge in [-0.15, -0.1) is 0 Å². The van der Waals surface area contributed by atoms with Gasteiger partial charge >= 0.3 is 0 Å². The second-order valence-electron chi connectivity index (χ2n) is 5.52. The molecule has 0 amide bonds. The molecule has 3 nitrogen and oxygen atoms in total. The van der Waals surface area contributed by atoms with Gasteiger partial charge in [0.05, 0.1) is 22.3 Å². The van der Waals surface area contributed by atoms with E-state index in [4.69, 9.17) is 32.7 Å². The highest BCUT2D eigenvalue weighted by molar-refractivity contribution is 6.42. The molecule has 2 atom stereocenters. The second kappa shape index (κ2) is 5.64. The van der Waals surface area contributed by atoms with Gasteiger partial charge in [-0.05, 0) is 31.0 Å². The second-order valence-corrected chi connectivity index (χ2v) is 6.33. The first-order valence-electron chi connectivity index (χ1n) is 6.81. The Morgan fingerprint density at radius 2 is 2.10 bits per heavy atom. The molecule has 2 unspecified atom stereocenters. The molecule has 2 fully saturated rings. The number of hydrogen-bond donors (Lipinski definition) is 0. The zero-order chi connectivity index (χ0) is 14.2. The molecule has 5 heteroatoms. The summed E-state index contributed by atoms with van der Waals surface area (Å²) < 4.78 is 11.3.